The Bertz CT molecular complexity index is 587. The first kappa shape index (κ1) is 14.8. The normalized spacial score (nSPS) is 16.1. The van der Waals surface area contributed by atoms with E-state index in [0.717, 1.165) is 0 Å². The van der Waals surface area contributed by atoms with Crippen LogP contribution in [-0.4, -0.2) is 6.38 Å². The van der Waals surface area contributed by atoms with E-state index in [9.17, 15) is 0 Å². The zero-order chi connectivity index (χ0) is 13.8. The van der Waals surface area contributed by atoms with Crippen LogP contribution in [0.3, 0.4) is 0 Å². The third-order valence-electron chi connectivity index (χ3n) is 3.36. The Labute approximate surface area is 135 Å². The van der Waals surface area contributed by atoms with Crippen molar-refractivity contribution in [1.29, 1.82) is 0 Å². The van der Waals surface area contributed by atoms with Gasteiger partial charge in [-0.2, -0.15) is 0 Å². The molecular formula is C17H16ClZr. The summed E-state index contributed by atoms with van der Waals surface area (Å²) in [5.74, 6) is 0. The smallest absolute Gasteiger partial charge is 0.0108 e. The van der Waals surface area contributed by atoms with Gasteiger partial charge in [-0.05, 0) is 0 Å². The van der Waals surface area contributed by atoms with Gasteiger partial charge in [0.15, 0.2) is 0 Å². The molecule has 2 heteroatoms. The van der Waals surface area contributed by atoms with E-state index in [0.29, 0.717) is 3.63 Å². The number of hydrogen-bond donors (Lipinski definition) is 0. The van der Waals surface area contributed by atoms with Crippen LogP contribution >= 0.6 is 11.6 Å². The van der Waals surface area contributed by atoms with E-state index >= 15 is 0 Å². The predicted octanol–water partition coefficient (Wildman–Crippen LogP) is 5.21. The summed E-state index contributed by atoms with van der Waals surface area (Å²) in [7, 11) is 0. The van der Waals surface area contributed by atoms with Crippen molar-refractivity contribution in [2.75, 3.05) is 6.38 Å². The molecular weight excluding hydrogens is 331 g/mol. The summed E-state index contributed by atoms with van der Waals surface area (Å²) in [5, 5.41) is 0. The van der Waals surface area contributed by atoms with E-state index in [2.05, 4.69) is 73.1 Å². The molecule has 0 N–H and O–H groups in total. The number of benzene rings is 2. The van der Waals surface area contributed by atoms with Gasteiger partial charge < -0.3 is 0 Å². The van der Waals surface area contributed by atoms with E-state index in [-0.39, 0.29) is 0 Å². The number of rotatable bonds is 1. The van der Waals surface area contributed by atoms with Gasteiger partial charge in [0.25, 0.3) is 0 Å². The Hall–Kier alpha value is -0.647. The topological polar surface area (TPSA) is 0 Å². The molecule has 0 saturated heterocycles. The van der Waals surface area contributed by atoms with Gasteiger partial charge in [-0.1, -0.05) is 0 Å². The molecule has 0 aromatic heterocycles. The molecule has 0 aliphatic heterocycles. The summed E-state index contributed by atoms with van der Waals surface area (Å²) in [6, 6.07) is 17.3. The van der Waals surface area contributed by atoms with Gasteiger partial charge in [0.2, 0.25) is 0 Å². The van der Waals surface area contributed by atoms with Gasteiger partial charge in [0.1, 0.15) is 0 Å². The van der Waals surface area contributed by atoms with Crippen LogP contribution in [0, 0.1) is 0 Å². The fourth-order valence-corrected chi connectivity index (χ4v) is 3.25. The molecule has 1 unspecified atom stereocenters. The molecule has 1 aliphatic rings. The van der Waals surface area contributed by atoms with E-state index in [1.54, 1.807) is 24.7 Å². The Morgan fingerprint density at radius 2 is 1.63 bits per heavy atom. The van der Waals surface area contributed by atoms with Gasteiger partial charge in [-0.25, -0.2) is 0 Å². The second-order valence-corrected chi connectivity index (χ2v) is 5.92. The molecule has 1 aliphatic carbocycles. The van der Waals surface area contributed by atoms with Crippen molar-refractivity contribution in [3.05, 3.63) is 65.2 Å². The molecule has 1 atom stereocenters. The van der Waals surface area contributed by atoms with Crippen molar-refractivity contribution >= 4 is 17.7 Å². The number of allylic oxidation sites excluding steroid dienone is 1. The summed E-state index contributed by atoms with van der Waals surface area (Å²) >= 11 is 6.22. The second-order valence-electron chi connectivity index (χ2n) is 4.50. The zero-order valence-electron chi connectivity index (χ0n) is 11.2. The average Bonchev–Trinajstić information content (AvgIpc) is 2.78. The summed E-state index contributed by atoms with van der Waals surface area (Å²) in [6.07, 6.45) is 3.83. The van der Waals surface area contributed by atoms with Crippen LogP contribution < -0.4 is 0 Å². The Balaban J connectivity index is 0.000000637. The van der Waals surface area contributed by atoms with Crippen LogP contribution in [0.1, 0.15) is 21.7 Å². The molecule has 0 bridgehead atoms. The van der Waals surface area contributed by atoms with Crippen molar-refractivity contribution in [3.63, 3.8) is 0 Å². The quantitative estimate of drug-likeness (QED) is 0.621. The molecule has 2 aromatic rings. The maximum atomic E-state index is 4.64. The fraction of sp³-hybridized carbons (Fsp3) is 0.176. The first-order valence-electron chi connectivity index (χ1n) is 6.23. The molecule has 3 rings (SSSR count). The van der Waals surface area contributed by atoms with Gasteiger partial charge in [-0.3, -0.25) is 0 Å². The molecule has 2 aromatic carbocycles. The van der Waals surface area contributed by atoms with Gasteiger partial charge in [0.05, 0.1) is 0 Å². The molecule has 0 fully saturated rings. The van der Waals surface area contributed by atoms with Crippen LogP contribution in [-0.2, 0) is 24.7 Å². The molecule has 95 valence electrons. The van der Waals surface area contributed by atoms with Gasteiger partial charge in [0, 0.05) is 6.38 Å². The third kappa shape index (κ3) is 2.93. The largest absolute Gasteiger partial charge is 0.130 e. The number of hydrogen-bond acceptors (Lipinski definition) is 0. The predicted molar refractivity (Wildman–Crippen MR) is 80.0 cm³/mol. The minimum atomic E-state index is 0.654. The Kier molecular flexibility index (Phi) is 5.19. The van der Waals surface area contributed by atoms with E-state index < -0.39 is 0 Å². The van der Waals surface area contributed by atoms with Crippen molar-refractivity contribution in [2.45, 2.75) is 10.5 Å². The average molecular weight is 347 g/mol. The minimum absolute atomic E-state index is 0.654. The van der Waals surface area contributed by atoms with Crippen LogP contribution in [0.5, 0.6) is 0 Å². The molecule has 0 radical (unpaired) electrons. The summed E-state index contributed by atoms with van der Waals surface area (Å²) in [4.78, 5) is 0. The van der Waals surface area contributed by atoms with Crippen molar-refractivity contribution < 1.29 is 24.7 Å². The molecule has 0 nitrogen and oxygen atoms in total. The standard InChI is InChI=1S/C16H13.CH3Cl.Zr/c1-12-10-14-8-5-9-15(16(14)11-12)13-6-3-2-4-7-13;1-2;/h2-11H,1H3;1H3;. The first-order valence-corrected chi connectivity index (χ1v) is 8.40. The molecule has 0 heterocycles. The fourth-order valence-electron chi connectivity index (χ4n) is 2.42. The Morgan fingerprint density at radius 3 is 2.32 bits per heavy atom. The monoisotopic (exact) mass is 345 g/mol. The third-order valence-corrected chi connectivity index (χ3v) is 5.25. The van der Waals surface area contributed by atoms with Crippen LogP contribution in [0.25, 0.3) is 17.2 Å². The molecule has 19 heavy (non-hydrogen) atoms. The van der Waals surface area contributed by atoms with Crippen molar-refractivity contribution in [2.24, 2.45) is 0 Å². The van der Waals surface area contributed by atoms with Gasteiger partial charge in [-0.15, -0.1) is 11.6 Å². The van der Waals surface area contributed by atoms with Crippen LogP contribution in [0.15, 0.2) is 54.1 Å². The van der Waals surface area contributed by atoms with Crippen LogP contribution in [0.4, 0.5) is 0 Å². The van der Waals surface area contributed by atoms with Gasteiger partial charge >= 0.3 is 118 Å². The molecule has 0 amide bonds. The number of halogens is 1. The zero-order valence-corrected chi connectivity index (χ0v) is 14.4. The number of fused-ring (bicyclic) bond motifs is 1. The van der Waals surface area contributed by atoms with E-state index in [1.807, 2.05) is 0 Å². The van der Waals surface area contributed by atoms with Crippen LogP contribution in [0.2, 0.25) is 0 Å². The second kappa shape index (κ2) is 6.68. The summed E-state index contributed by atoms with van der Waals surface area (Å²) in [6.45, 7) is 2.24. The Morgan fingerprint density at radius 1 is 0.947 bits per heavy atom. The van der Waals surface area contributed by atoms with Crippen molar-refractivity contribution in [1.82, 2.24) is 0 Å². The summed E-state index contributed by atoms with van der Waals surface area (Å²) < 4.78 is 0.654. The van der Waals surface area contributed by atoms with E-state index in [1.165, 1.54) is 34.2 Å². The maximum Gasteiger partial charge on any atom is 0.0108 e. The molecule has 0 spiro atoms. The molecule has 0 saturated carbocycles. The van der Waals surface area contributed by atoms with Crippen molar-refractivity contribution in [3.8, 4) is 11.1 Å². The minimum Gasteiger partial charge on any atom is -0.130 e. The first-order chi connectivity index (χ1) is 9.27. The SMILES string of the molecule is CC1=Cc2c(-c3ccccc3)cccc2[CH]1[Zr].CCl. The summed E-state index contributed by atoms with van der Waals surface area (Å²) in [5.41, 5.74) is 7.12. The maximum absolute atomic E-state index is 4.64. The van der Waals surface area contributed by atoms with E-state index in [4.69, 9.17) is 0 Å². The number of alkyl halides is 1.